The van der Waals surface area contributed by atoms with E-state index in [0.29, 0.717) is 33.3 Å². The number of nitrogens with one attached hydrogen (secondary N) is 3. The minimum Gasteiger partial charge on any atom is -0.488 e. The van der Waals surface area contributed by atoms with Gasteiger partial charge in [0.1, 0.15) is 23.2 Å². The van der Waals surface area contributed by atoms with Gasteiger partial charge >= 0.3 is 6.03 Å². The summed E-state index contributed by atoms with van der Waals surface area (Å²) in [5.41, 5.74) is 7.19. The number of hydrogen-bond acceptors (Lipinski definition) is 5. The lowest BCUT2D eigenvalue weighted by Crippen LogP contribution is -2.45. The van der Waals surface area contributed by atoms with Gasteiger partial charge in [-0.1, -0.05) is 30.3 Å². The molecule has 0 spiro atoms. The Morgan fingerprint density at radius 1 is 1.18 bits per heavy atom. The van der Waals surface area contributed by atoms with Crippen LogP contribution in [0.25, 0.3) is 10.4 Å². The van der Waals surface area contributed by atoms with Crippen LogP contribution in [0.1, 0.15) is 28.8 Å². The average molecular weight is 469 g/mol. The lowest BCUT2D eigenvalue weighted by molar-refractivity contribution is 0.0932. The fourth-order valence-electron chi connectivity index (χ4n) is 3.69. The zero-order valence-corrected chi connectivity index (χ0v) is 18.7. The van der Waals surface area contributed by atoms with Gasteiger partial charge in [0.2, 0.25) is 0 Å². The highest BCUT2D eigenvalue weighted by Crippen LogP contribution is 2.40. The fourth-order valence-corrected chi connectivity index (χ4v) is 4.78. The lowest BCUT2D eigenvalue weighted by atomic mass is 10.1. The van der Waals surface area contributed by atoms with E-state index in [-0.39, 0.29) is 18.6 Å². The van der Waals surface area contributed by atoms with E-state index >= 15 is 0 Å². The molecule has 33 heavy (non-hydrogen) atoms. The number of urea groups is 1. The highest BCUT2D eigenvalue weighted by molar-refractivity contribution is 7.20. The van der Waals surface area contributed by atoms with Crippen LogP contribution in [0.4, 0.5) is 14.2 Å². The molecule has 0 unspecified atom stereocenters. The number of thiophene rings is 1. The highest BCUT2D eigenvalue weighted by atomic mass is 32.1. The summed E-state index contributed by atoms with van der Waals surface area (Å²) in [6.45, 7) is 1.88. The molecule has 0 bridgehead atoms. The van der Waals surface area contributed by atoms with E-state index in [1.54, 1.807) is 12.1 Å². The Bertz CT molecular complexity index is 1130. The van der Waals surface area contributed by atoms with Gasteiger partial charge in [-0.25, -0.2) is 9.18 Å². The number of rotatable bonds is 7. The maximum Gasteiger partial charge on any atom is 0.317 e. The van der Waals surface area contributed by atoms with Gasteiger partial charge < -0.3 is 21.1 Å². The Kier molecular flexibility index (Phi) is 7.21. The molecule has 1 aliphatic heterocycles. The number of anilines is 1. The van der Waals surface area contributed by atoms with Crippen molar-refractivity contribution in [2.75, 3.05) is 18.4 Å². The Labute approximate surface area is 195 Å². The van der Waals surface area contributed by atoms with Crippen molar-refractivity contribution >= 4 is 28.3 Å². The van der Waals surface area contributed by atoms with Crippen LogP contribution < -0.4 is 26.4 Å². The van der Waals surface area contributed by atoms with E-state index in [1.165, 1.54) is 23.5 Å². The highest BCUT2D eigenvalue weighted by Gasteiger charge is 2.23. The van der Waals surface area contributed by atoms with Crippen LogP contribution in [0.2, 0.25) is 0 Å². The molecule has 172 valence electrons. The first-order valence-electron chi connectivity index (χ1n) is 10.7. The van der Waals surface area contributed by atoms with Gasteiger partial charge in [0.15, 0.2) is 0 Å². The molecule has 0 saturated carbocycles. The molecule has 1 aromatic heterocycles. The molecule has 3 amide bonds. The van der Waals surface area contributed by atoms with E-state index in [4.69, 9.17) is 10.5 Å². The Morgan fingerprint density at radius 3 is 2.73 bits per heavy atom. The van der Waals surface area contributed by atoms with Crippen LogP contribution >= 0.6 is 11.3 Å². The maximum atomic E-state index is 14.0. The van der Waals surface area contributed by atoms with Crippen molar-refractivity contribution in [2.45, 2.75) is 25.5 Å². The predicted molar refractivity (Wildman–Crippen MR) is 127 cm³/mol. The van der Waals surface area contributed by atoms with Gasteiger partial charge in [0, 0.05) is 29.1 Å². The van der Waals surface area contributed by atoms with Crippen LogP contribution in [0.15, 0.2) is 54.6 Å². The molecule has 2 aromatic carbocycles. The summed E-state index contributed by atoms with van der Waals surface area (Å²) in [7, 11) is 0. The van der Waals surface area contributed by atoms with Crippen LogP contribution in [0.5, 0.6) is 5.75 Å². The number of ether oxygens (including phenoxy) is 1. The molecule has 1 aliphatic rings. The van der Waals surface area contributed by atoms with E-state index in [2.05, 4.69) is 16.0 Å². The standard InChI is InChI=1S/C24H25FN4O3S/c25-16-8-9-18(20(11-16)32-14-15-5-2-1-3-6-15)21-12-19(23(33-21)29-24(26)31)22(30)28-17-7-4-10-27-13-17/h1-3,5-6,8-9,11-12,17,27H,4,7,10,13-14H2,(H,28,30)(H3,26,29,31)/t17-/m0/s1. The zero-order valence-electron chi connectivity index (χ0n) is 17.9. The molecule has 4 rings (SSSR count). The van der Waals surface area contributed by atoms with Crippen molar-refractivity contribution < 1.29 is 18.7 Å². The second-order valence-electron chi connectivity index (χ2n) is 7.77. The lowest BCUT2D eigenvalue weighted by Gasteiger charge is -2.23. The molecule has 2 heterocycles. The van der Waals surface area contributed by atoms with Gasteiger partial charge in [0.25, 0.3) is 5.91 Å². The molecule has 0 radical (unpaired) electrons. The molecule has 9 heteroatoms. The van der Waals surface area contributed by atoms with E-state index in [0.717, 1.165) is 24.9 Å². The van der Waals surface area contributed by atoms with E-state index in [1.807, 2.05) is 30.3 Å². The smallest absolute Gasteiger partial charge is 0.317 e. The quantitative estimate of drug-likeness (QED) is 0.419. The molecular formula is C24H25FN4O3S. The third-order valence-electron chi connectivity index (χ3n) is 5.29. The Hall–Kier alpha value is -3.43. The molecule has 1 atom stereocenters. The molecule has 1 fully saturated rings. The van der Waals surface area contributed by atoms with Crippen molar-refractivity contribution in [3.05, 3.63) is 71.5 Å². The molecular weight excluding hydrogens is 443 g/mol. The summed E-state index contributed by atoms with van der Waals surface area (Å²) < 4.78 is 19.9. The van der Waals surface area contributed by atoms with Crippen LogP contribution in [0.3, 0.4) is 0 Å². The summed E-state index contributed by atoms with van der Waals surface area (Å²) >= 11 is 1.18. The van der Waals surface area contributed by atoms with Gasteiger partial charge in [-0.3, -0.25) is 10.1 Å². The number of amides is 3. The molecule has 7 nitrogen and oxygen atoms in total. The van der Waals surface area contributed by atoms with Crippen LogP contribution in [-0.2, 0) is 6.61 Å². The summed E-state index contributed by atoms with van der Waals surface area (Å²) in [5, 5.41) is 9.13. The number of piperidine rings is 1. The second kappa shape index (κ2) is 10.5. The number of benzene rings is 2. The normalized spacial score (nSPS) is 15.6. The first kappa shape index (κ1) is 22.8. The van der Waals surface area contributed by atoms with Gasteiger partial charge in [-0.2, -0.15) is 0 Å². The summed E-state index contributed by atoms with van der Waals surface area (Å²) in [6.07, 6.45) is 1.85. The summed E-state index contributed by atoms with van der Waals surface area (Å²) in [4.78, 5) is 25.2. The number of primary amides is 1. The van der Waals surface area contributed by atoms with Crippen molar-refractivity contribution in [3.63, 3.8) is 0 Å². The third kappa shape index (κ3) is 5.88. The number of carbonyl (C=O) groups is 2. The largest absolute Gasteiger partial charge is 0.488 e. The van der Waals surface area contributed by atoms with E-state index < -0.39 is 11.8 Å². The summed E-state index contributed by atoms with van der Waals surface area (Å²) in [6, 6.07) is 14.7. The minimum absolute atomic E-state index is 0.00613. The minimum atomic E-state index is -0.767. The predicted octanol–water partition coefficient (Wildman–Crippen LogP) is 4.11. The number of carbonyl (C=O) groups excluding carboxylic acids is 2. The van der Waals surface area contributed by atoms with Gasteiger partial charge in [-0.05, 0) is 43.1 Å². The second-order valence-corrected chi connectivity index (χ2v) is 8.83. The van der Waals surface area contributed by atoms with Crippen molar-refractivity contribution in [1.82, 2.24) is 10.6 Å². The first-order valence-corrected chi connectivity index (χ1v) is 11.5. The zero-order chi connectivity index (χ0) is 23.2. The van der Waals surface area contributed by atoms with Crippen LogP contribution in [0, 0.1) is 5.82 Å². The van der Waals surface area contributed by atoms with Gasteiger partial charge in [0.05, 0.1) is 5.56 Å². The topological polar surface area (TPSA) is 105 Å². The Morgan fingerprint density at radius 2 is 2.00 bits per heavy atom. The van der Waals surface area contributed by atoms with Crippen molar-refractivity contribution in [2.24, 2.45) is 5.73 Å². The third-order valence-corrected chi connectivity index (χ3v) is 6.38. The average Bonchev–Trinajstić information content (AvgIpc) is 3.22. The number of nitrogens with two attached hydrogens (primary N) is 1. The number of hydrogen-bond donors (Lipinski definition) is 4. The van der Waals surface area contributed by atoms with Crippen molar-refractivity contribution in [1.29, 1.82) is 0 Å². The van der Waals surface area contributed by atoms with Crippen molar-refractivity contribution in [3.8, 4) is 16.2 Å². The molecule has 3 aromatic rings. The SMILES string of the molecule is NC(=O)Nc1sc(-c2ccc(F)cc2OCc2ccccc2)cc1C(=O)N[C@H]1CCCNC1. The molecule has 1 saturated heterocycles. The fraction of sp³-hybridized carbons (Fsp3) is 0.250. The number of halogens is 1. The Balaban J connectivity index is 1.62. The molecule has 0 aliphatic carbocycles. The maximum absolute atomic E-state index is 14.0. The first-order chi connectivity index (χ1) is 16.0. The van der Waals surface area contributed by atoms with Gasteiger partial charge in [-0.15, -0.1) is 11.3 Å². The summed E-state index contributed by atoms with van der Waals surface area (Å²) in [5.74, 6) is -0.394. The monoisotopic (exact) mass is 468 g/mol. The van der Waals surface area contributed by atoms with E-state index in [9.17, 15) is 14.0 Å². The van der Waals surface area contributed by atoms with Crippen LogP contribution in [-0.4, -0.2) is 31.1 Å². The molecule has 5 N–H and O–H groups in total.